The van der Waals surface area contributed by atoms with E-state index in [-0.39, 0.29) is 28.7 Å². The van der Waals surface area contributed by atoms with E-state index in [0.717, 1.165) is 10.0 Å². The molecular weight excluding hydrogens is 457 g/mol. The molecule has 1 heterocycles. The van der Waals surface area contributed by atoms with Crippen LogP contribution in [0.3, 0.4) is 0 Å². The van der Waals surface area contributed by atoms with Crippen molar-refractivity contribution >= 4 is 37.6 Å². The molecule has 1 aromatic heterocycles. The molecule has 142 valence electrons. The van der Waals surface area contributed by atoms with Crippen LogP contribution < -0.4 is 0 Å². The molecule has 27 heavy (non-hydrogen) atoms. The number of imidazole rings is 1. The van der Waals surface area contributed by atoms with Crippen LogP contribution in [0.2, 0.25) is 5.02 Å². The number of sulfonamides is 1. The summed E-state index contributed by atoms with van der Waals surface area (Å²) in [6, 6.07) is 11.5. The molecule has 0 aliphatic rings. The molecule has 3 rings (SSSR count). The predicted molar refractivity (Wildman–Crippen MR) is 105 cm³/mol. The Labute approximate surface area is 170 Å². The lowest BCUT2D eigenvalue weighted by atomic mass is 10.2. The molecule has 0 fully saturated rings. The van der Waals surface area contributed by atoms with E-state index in [9.17, 15) is 12.8 Å². The average molecular weight is 473 g/mol. The van der Waals surface area contributed by atoms with Gasteiger partial charge in [0.25, 0.3) is 10.0 Å². The van der Waals surface area contributed by atoms with Gasteiger partial charge >= 0.3 is 0 Å². The average Bonchev–Trinajstić information content (AvgIpc) is 3.06. The zero-order valence-electron chi connectivity index (χ0n) is 14.3. The Bertz CT molecular complexity index is 1030. The summed E-state index contributed by atoms with van der Waals surface area (Å²) < 4.78 is 44.1. The second-order valence-electron chi connectivity index (χ2n) is 5.98. The fourth-order valence-electron chi connectivity index (χ4n) is 2.53. The molecule has 0 amide bonds. The summed E-state index contributed by atoms with van der Waals surface area (Å²) in [6.45, 7) is -0.155. The summed E-state index contributed by atoms with van der Waals surface area (Å²) in [5, 5.41) is 0.0709. The molecule has 0 atom stereocenters. The fourth-order valence-corrected chi connectivity index (χ4v) is 4.38. The van der Waals surface area contributed by atoms with E-state index in [2.05, 4.69) is 20.9 Å². The van der Waals surface area contributed by atoms with Gasteiger partial charge in [-0.1, -0.05) is 45.7 Å². The van der Waals surface area contributed by atoms with Crippen molar-refractivity contribution < 1.29 is 12.8 Å². The summed E-state index contributed by atoms with van der Waals surface area (Å²) in [7, 11) is -2.28. The van der Waals surface area contributed by atoms with Gasteiger partial charge in [-0.15, -0.1) is 0 Å². The summed E-state index contributed by atoms with van der Waals surface area (Å²) in [6.07, 6.45) is 2.81. The first-order valence-corrected chi connectivity index (χ1v) is 10.5. The molecule has 0 radical (unpaired) electrons. The van der Waals surface area contributed by atoms with Gasteiger partial charge in [-0.3, -0.25) is 0 Å². The molecule has 3 aromatic rings. The Morgan fingerprint density at radius 3 is 2.48 bits per heavy atom. The third-order valence-corrected chi connectivity index (χ3v) is 6.51. The molecular formula is C18H16BrClFN3O2S. The standard InChI is InChI=1S/C18H16BrClFN3O2S/c1-23-11-18(22-12-23)27(25,26)24(9-13-5-7-14(19)8-6-13)10-15-16(20)3-2-4-17(15)21/h2-8,11-12H,9-10H2,1H3. The van der Waals surface area contributed by atoms with Crippen LogP contribution in [0.5, 0.6) is 0 Å². The van der Waals surface area contributed by atoms with Gasteiger partial charge in [0.2, 0.25) is 0 Å². The van der Waals surface area contributed by atoms with Gasteiger partial charge < -0.3 is 4.57 Å². The van der Waals surface area contributed by atoms with Crippen molar-refractivity contribution in [2.75, 3.05) is 0 Å². The van der Waals surface area contributed by atoms with E-state index in [1.165, 1.54) is 35.0 Å². The van der Waals surface area contributed by atoms with Crippen molar-refractivity contribution in [3.05, 3.63) is 81.4 Å². The largest absolute Gasteiger partial charge is 0.339 e. The van der Waals surface area contributed by atoms with Gasteiger partial charge in [0.05, 0.1) is 6.33 Å². The zero-order chi connectivity index (χ0) is 19.6. The molecule has 2 aromatic carbocycles. The quantitative estimate of drug-likeness (QED) is 0.535. The SMILES string of the molecule is Cn1cnc(S(=O)(=O)N(Cc2ccc(Br)cc2)Cc2c(F)cccc2Cl)c1. The lowest BCUT2D eigenvalue weighted by Gasteiger charge is -2.22. The van der Waals surface area contributed by atoms with Crippen LogP contribution in [0.15, 0.2) is 64.5 Å². The van der Waals surface area contributed by atoms with Crippen molar-refractivity contribution in [3.8, 4) is 0 Å². The summed E-state index contributed by atoms with van der Waals surface area (Å²) in [4.78, 5) is 3.95. The first-order chi connectivity index (χ1) is 12.8. The number of rotatable bonds is 6. The molecule has 0 N–H and O–H groups in total. The minimum absolute atomic E-state index is 0.0524. The van der Waals surface area contributed by atoms with Crippen LogP contribution in [-0.4, -0.2) is 22.3 Å². The van der Waals surface area contributed by atoms with Crippen LogP contribution in [0.1, 0.15) is 11.1 Å². The van der Waals surface area contributed by atoms with Crippen molar-refractivity contribution in [1.82, 2.24) is 13.9 Å². The number of hydrogen-bond donors (Lipinski definition) is 0. The number of benzene rings is 2. The van der Waals surface area contributed by atoms with E-state index in [4.69, 9.17) is 11.6 Å². The van der Waals surface area contributed by atoms with Crippen LogP contribution >= 0.6 is 27.5 Å². The Balaban J connectivity index is 2.01. The maximum Gasteiger partial charge on any atom is 0.262 e. The van der Waals surface area contributed by atoms with Gasteiger partial charge in [-0.25, -0.2) is 17.8 Å². The van der Waals surface area contributed by atoms with Gasteiger partial charge in [0.15, 0.2) is 5.03 Å². The van der Waals surface area contributed by atoms with E-state index in [1.807, 2.05) is 12.1 Å². The maximum atomic E-state index is 14.3. The topological polar surface area (TPSA) is 55.2 Å². The third kappa shape index (κ3) is 4.57. The number of hydrogen-bond acceptors (Lipinski definition) is 3. The highest BCUT2D eigenvalue weighted by molar-refractivity contribution is 9.10. The van der Waals surface area contributed by atoms with Gasteiger partial charge in [0, 0.05) is 41.4 Å². The summed E-state index contributed by atoms with van der Waals surface area (Å²) >= 11 is 9.46. The van der Waals surface area contributed by atoms with E-state index in [1.54, 1.807) is 23.7 Å². The highest BCUT2D eigenvalue weighted by Crippen LogP contribution is 2.26. The van der Waals surface area contributed by atoms with Gasteiger partial charge in [-0.2, -0.15) is 4.31 Å². The van der Waals surface area contributed by atoms with Crippen molar-refractivity contribution in [2.24, 2.45) is 7.05 Å². The maximum absolute atomic E-state index is 14.3. The summed E-state index contributed by atoms with van der Waals surface area (Å²) in [5.41, 5.74) is 0.876. The highest BCUT2D eigenvalue weighted by Gasteiger charge is 2.28. The minimum atomic E-state index is -3.96. The summed E-state index contributed by atoms with van der Waals surface area (Å²) in [5.74, 6) is -0.556. The Kier molecular flexibility index (Phi) is 6.00. The van der Waals surface area contributed by atoms with Gasteiger partial charge in [-0.05, 0) is 29.8 Å². The molecule has 0 aliphatic carbocycles. The second-order valence-corrected chi connectivity index (χ2v) is 9.18. The molecule has 0 spiro atoms. The first-order valence-electron chi connectivity index (χ1n) is 7.93. The van der Waals surface area contributed by atoms with E-state index in [0.29, 0.717) is 0 Å². The Morgan fingerprint density at radius 2 is 1.89 bits per heavy atom. The van der Waals surface area contributed by atoms with Crippen molar-refractivity contribution in [3.63, 3.8) is 0 Å². The first kappa shape index (κ1) is 20.0. The number of nitrogens with zero attached hydrogens (tertiary/aromatic N) is 3. The second kappa shape index (κ2) is 8.10. The van der Waals surface area contributed by atoms with Crippen LogP contribution in [0, 0.1) is 5.82 Å². The zero-order valence-corrected chi connectivity index (χ0v) is 17.5. The molecule has 0 saturated carbocycles. The van der Waals surface area contributed by atoms with Crippen LogP contribution in [0.25, 0.3) is 0 Å². The predicted octanol–water partition coefficient (Wildman–Crippen LogP) is 4.37. The fraction of sp³-hybridized carbons (Fsp3) is 0.167. The molecule has 0 aliphatic heterocycles. The number of aromatic nitrogens is 2. The lowest BCUT2D eigenvalue weighted by molar-refractivity contribution is 0.392. The Hall–Kier alpha value is -1.74. The highest BCUT2D eigenvalue weighted by atomic mass is 79.9. The molecule has 0 unspecified atom stereocenters. The minimum Gasteiger partial charge on any atom is -0.339 e. The third-order valence-electron chi connectivity index (χ3n) is 3.95. The molecule has 5 nitrogen and oxygen atoms in total. The van der Waals surface area contributed by atoms with Gasteiger partial charge in [0.1, 0.15) is 5.82 Å². The van der Waals surface area contributed by atoms with Crippen molar-refractivity contribution in [1.29, 1.82) is 0 Å². The normalized spacial score (nSPS) is 11.9. The number of halogens is 3. The van der Waals surface area contributed by atoms with Crippen LogP contribution in [0.4, 0.5) is 4.39 Å². The lowest BCUT2D eigenvalue weighted by Crippen LogP contribution is -2.31. The van der Waals surface area contributed by atoms with Crippen LogP contribution in [-0.2, 0) is 30.2 Å². The molecule has 0 bridgehead atoms. The number of aryl methyl sites for hydroxylation is 1. The smallest absolute Gasteiger partial charge is 0.262 e. The van der Waals surface area contributed by atoms with Crippen molar-refractivity contribution in [2.45, 2.75) is 18.1 Å². The Morgan fingerprint density at radius 1 is 1.19 bits per heavy atom. The molecule has 9 heteroatoms. The molecule has 0 saturated heterocycles. The monoisotopic (exact) mass is 471 g/mol. The van der Waals surface area contributed by atoms with E-state index < -0.39 is 15.8 Å². The van der Waals surface area contributed by atoms with E-state index >= 15 is 0 Å².